The topological polar surface area (TPSA) is 41.1 Å². The average Bonchev–Trinajstić information content (AvgIpc) is 2.26. The number of carbonyl (C=O) groups is 1. The highest BCUT2D eigenvalue weighted by Crippen LogP contribution is 2.26. The Morgan fingerprint density at radius 1 is 1.39 bits per heavy atom. The third-order valence-electron chi connectivity index (χ3n) is 3.02. The molecule has 0 saturated heterocycles. The van der Waals surface area contributed by atoms with Crippen LogP contribution in [0.3, 0.4) is 0 Å². The molecule has 0 atom stereocenters. The van der Waals surface area contributed by atoms with Gasteiger partial charge in [0, 0.05) is 24.3 Å². The van der Waals surface area contributed by atoms with Crippen LogP contribution in [-0.2, 0) is 11.2 Å². The van der Waals surface area contributed by atoms with Gasteiger partial charge in [0.1, 0.15) is 0 Å². The maximum atomic E-state index is 11.9. The third-order valence-corrected chi connectivity index (χ3v) is 3.02. The fraction of sp³-hybridized carbons (Fsp3) is 0.533. The molecule has 2 N–H and O–H groups in total. The van der Waals surface area contributed by atoms with Crippen LogP contribution in [0.1, 0.15) is 39.2 Å². The fourth-order valence-corrected chi connectivity index (χ4v) is 2.24. The number of aryl methyl sites for hydroxylation is 1. The van der Waals surface area contributed by atoms with Crippen LogP contribution in [0.15, 0.2) is 18.2 Å². The zero-order valence-corrected chi connectivity index (χ0v) is 11.5. The lowest BCUT2D eigenvalue weighted by Gasteiger charge is -2.20. The number of rotatable bonds is 2. The summed E-state index contributed by atoms with van der Waals surface area (Å²) >= 11 is 0. The summed E-state index contributed by atoms with van der Waals surface area (Å²) in [6.07, 6.45) is 2.79. The molecule has 1 aliphatic heterocycles. The summed E-state index contributed by atoms with van der Waals surface area (Å²) in [5.41, 5.74) is 3.44. The quantitative estimate of drug-likeness (QED) is 0.839. The molecule has 1 aliphatic rings. The molecule has 1 aromatic rings. The van der Waals surface area contributed by atoms with Crippen LogP contribution in [0, 0.1) is 5.41 Å². The lowest BCUT2D eigenvalue weighted by molar-refractivity contribution is -0.117. The molecule has 0 aliphatic carbocycles. The van der Waals surface area contributed by atoms with Crippen molar-refractivity contribution in [2.45, 2.75) is 40.0 Å². The second kappa shape index (κ2) is 5.01. The van der Waals surface area contributed by atoms with Gasteiger partial charge >= 0.3 is 0 Å². The predicted molar refractivity (Wildman–Crippen MR) is 76.0 cm³/mol. The molecule has 18 heavy (non-hydrogen) atoms. The minimum atomic E-state index is 0.0276. The van der Waals surface area contributed by atoms with Crippen molar-refractivity contribution in [3.63, 3.8) is 0 Å². The van der Waals surface area contributed by atoms with Crippen molar-refractivity contribution >= 4 is 17.3 Å². The first-order valence-electron chi connectivity index (χ1n) is 6.61. The summed E-state index contributed by atoms with van der Waals surface area (Å²) in [7, 11) is 0. The third kappa shape index (κ3) is 3.49. The maximum absolute atomic E-state index is 11.9. The van der Waals surface area contributed by atoms with Gasteiger partial charge in [-0.15, -0.1) is 0 Å². The summed E-state index contributed by atoms with van der Waals surface area (Å²) in [5, 5.41) is 6.35. The Hall–Kier alpha value is -1.51. The molecule has 3 heteroatoms. The second-order valence-corrected chi connectivity index (χ2v) is 6.19. The van der Waals surface area contributed by atoms with Crippen LogP contribution in [-0.4, -0.2) is 12.5 Å². The highest BCUT2D eigenvalue weighted by Gasteiger charge is 2.16. The zero-order valence-electron chi connectivity index (χ0n) is 11.5. The number of amides is 1. The summed E-state index contributed by atoms with van der Waals surface area (Å²) in [4.78, 5) is 11.9. The van der Waals surface area contributed by atoms with Crippen LogP contribution in [0.2, 0.25) is 0 Å². The lowest BCUT2D eigenvalue weighted by Crippen LogP contribution is -2.20. The molecule has 1 amide bonds. The van der Waals surface area contributed by atoms with E-state index in [2.05, 4.69) is 43.5 Å². The molecule has 3 nitrogen and oxygen atoms in total. The van der Waals surface area contributed by atoms with Gasteiger partial charge in [0.2, 0.25) is 5.91 Å². The van der Waals surface area contributed by atoms with E-state index in [0.29, 0.717) is 6.42 Å². The van der Waals surface area contributed by atoms with Gasteiger partial charge in [-0.1, -0.05) is 20.8 Å². The van der Waals surface area contributed by atoms with E-state index in [-0.39, 0.29) is 11.3 Å². The molecule has 2 rings (SSSR count). The van der Waals surface area contributed by atoms with Gasteiger partial charge in [-0.25, -0.2) is 0 Å². The number of anilines is 2. The summed E-state index contributed by atoms with van der Waals surface area (Å²) in [6, 6.07) is 6.11. The van der Waals surface area contributed by atoms with Crippen LogP contribution >= 0.6 is 0 Å². The van der Waals surface area contributed by atoms with Crippen LogP contribution < -0.4 is 10.6 Å². The molecule has 0 spiro atoms. The number of fused-ring (bicyclic) bond motifs is 1. The van der Waals surface area contributed by atoms with E-state index in [4.69, 9.17) is 0 Å². The van der Waals surface area contributed by atoms with E-state index in [1.165, 1.54) is 11.3 Å². The Bertz CT molecular complexity index is 446. The average molecular weight is 246 g/mol. The maximum Gasteiger partial charge on any atom is 0.224 e. The van der Waals surface area contributed by atoms with E-state index < -0.39 is 0 Å². The van der Waals surface area contributed by atoms with Crippen molar-refractivity contribution in [1.29, 1.82) is 0 Å². The first-order valence-corrected chi connectivity index (χ1v) is 6.61. The molecule has 0 saturated carbocycles. The zero-order chi connectivity index (χ0) is 13.2. The van der Waals surface area contributed by atoms with Crippen LogP contribution in [0.5, 0.6) is 0 Å². The second-order valence-electron chi connectivity index (χ2n) is 6.19. The molecule has 98 valence electrons. The normalized spacial score (nSPS) is 14.6. The van der Waals surface area contributed by atoms with Crippen LogP contribution in [0.25, 0.3) is 0 Å². The number of hydrogen-bond donors (Lipinski definition) is 2. The van der Waals surface area contributed by atoms with Gasteiger partial charge < -0.3 is 10.6 Å². The minimum absolute atomic E-state index is 0.0276. The van der Waals surface area contributed by atoms with Gasteiger partial charge in [0.05, 0.1) is 0 Å². The molecule has 1 heterocycles. The highest BCUT2D eigenvalue weighted by molar-refractivity contribution is 5.91. The van der Waals surface area contributed by atoms with E-state index in [1.54, 1.807) is 0 Å². The molecule has 0 bridgehead atoms. The molecule has 0 unspecified atom stereocenters. The van der Waals surface area contributed by atoms with E-state index in [1.807, 2.05) is 6.07 Å². The number of hydrogen-bond acceptors (Lipinski definition) is 2. The van der Waals surface area contributed by atoms with Crippen molar-refractivity contribution in [3.05, 3.63) is 23.8 Å². The number of carbonyl (C=O) groups excluding carboxylic acids is 1. The lowest BCUT2D eigenvalue weighted by atomic mass is 9.92. The minimum Gasteiger partial charge on any atom is -0.385 e. The highest BCUT2D eigenvalue weighted by atomic mass is 16.1. The van der Waals surface area contributed by atoms with Gasteiger partial charge in [-0.3, -0.25) is 4.79 Å². The first-order chi connectivity index (χ1) is 8.44. The molecule has 1 aromatic carbocycles. The van der Waals surface area contributed by atoms with E-state index in [0.717, 1.165) is 25.1 Å². The van der Waals surface area contributed by atoms with Gasteiger partial charge in [0.15, 0.2) is 0 Å². The van der Waals surface area contributed by atoms with Gasteiger partial charge in [-0.05, 0) is 42.0 Å². The van der Waals surface area contributed by atoms with Crippen molar-refractivity contribution in [3.8, 4) is 0 Å². The fourth-order valence-electron chi connectivity index (χ4n) is 2.24. The van der Waals surface area contributed by atoms with Gasteiger partial charge in [-0.2, -0.15) is 0 Å². The monoisotopic (exact) mass is 246 g/mol. The number of nitrogens with one attached hydrogen (secondary N) is 2. The summed E-state index contributed by atoms with van der Waals surface area (Å²) < 4.78 is 0. The largest absolute Gasteiger partial charge is 0.385 e. The predicted octanol–water partition coefficient (Wildman–Crippen LogP) is 3.42. The van der Waals surface area contributed by atoms with Gasteiger partial charge in [0.25, 0.3) is 0 Å². The Morgan fingerprint density at radius 2 is 2.17 bits per heavy atom. The molecule has 0 radical (unpaired) electrons. The molecular formula is C15H22N2O. The van der Waals surface area contributed by atoms with Crippen molar-refractivity contribution in [2.24, 2.45) is 5.41 Å². The Balaban J connectivity index is 2.04. The van der Waals surface area contributed by atoms with Crippen LogP contribution in [0.4, 0.5) is 11.4 Å². The first kappa shape index (κ1) is 12.9. The summed E-state index contributed by atoms with van der Waals surface area (Å²) in [5.74, 6) is 0.0891. The number of benzene rings is 1. The molecule has 0 aromatic heterocycles. The molecular weight excluding hydrogens is 224 g/mol. The smallest absolute Gasteiger partial charge is 0.224 e. The van der Waals surface area contributed by atoms with Crippen molar-refractivity contribution in [1.82, 2.24) is 0 Å². The van der Waals surface area contributed by atoms with E-state index >= 15 is 0 Å². The SMILES string of the molecule is CC(C)(C)CC(=O)Nc1ccc2c(c1)CCCN2. The van der Waals surface area contributed by atoms with Crippen molar-refractivity contribution < 1.29 is 4.79 Å². The van der Waals surface area contributed by atoms with Crippen molar-refractivity contribution in [2.75, 3.05) is 17.2 Å². The Morgan fingerprint density at radius 3 is 2.89 bits per heavy atom. The summed E-state index contributed by atoms with van der Waals surface area (Å²) in [6.45, 7) is 7.26. The molecule has 0 fully saturated rings. The Kier molecular flexibility index (Phi) is 3.60. The van der Waals surface area contributed by atoms with E-state index in [9.17, 15) is 4.79 Å². The standard InChI is InChI=1S/C15H22N2O/c1-15(2,3)10-14(18)17-12-6-7-13-11(9-12)5-4-8-16-13/h6-7,9,16H,4-5,8,10H2,1-3H3,(H,17,18). The Labute approximate surface area is 109 Å².